The van der Waals surface area contributed by atoms with Gasteiger partial charge < -0.3 is 4.79 Å². The lowest BCUT2D eigenvalue weighted by Crippen LogP contribution is -1.63. The molecule has 0 spiro atoms. The van der Waals surface area contributed by atoms with Crippen molar-refractivity contribution in [2.24, 2.45) is 0 Å². The van der Waals surface area contributed by atoms with Crippen LogP contribution < -0.4 is 0 Å². The molecule has 0 aromatic carbocycles. The number of hydrogen-bond acceptors (Lipinski definition) is 1. The second kappa shape index (κ2) is 7.15. The van der Waals surface area contributed by atoms with Gasteiger partial charge in [-0.3, -0.25) is 0 Å². The molecule has 0 radical (unpaired) electrons. The van der Waals surface area contributed by atoms with Gasteiger partial charge in [-0.1, -0.05) is 31.2 Å². The van der Waals surface area contributed by atoms with Crippen molar-refractivity contribution in [1.29, 1.82) is 0 Å². The molecule has 0 heterocycles. The van der Waals surface area contributed by atoms with E-state index in [9.17, 15) is 4.79 Å². The molecule has 1 nitrogen and oxygen atoms in total. The van der Waals surface area contributed by atoms with E-state index in [2.05, 4.69) is 6.92 Å². The molecule has 0 N–H and O–H groups in total. The van der Waals surface area contributed by atoms with Gasteiger partial charge in [0.25, 0.3) is 0 Å². The van der Waals surface area contributed by atoms with Gasteiger partial charge >= 0.3 is 0 Å². The quantitative estimate of drug-likeness (QED) is 0.414. The van der Waals surface area contributed by atoms with Crippen LogP contribution in [0, 0.1) is 0 Å². The molecule has 0 amide bonds. The largest absolute Gasteiger partial charge is 0.303 e. The molecule has 0 rings (SSSR count). The van der Waals surface area contributed by atoms with Crippen LogP contribution >= 0.6 is 0 Å². The van der Waals surface area contributed by atoms with E-state index in [1.54, 1.807) is 0 Å². The van der Waals surface area contributed by atoms with Crippen molar-refractivity contribution in [3.05, 3.63) is 24.3 Å². The van der Waals surface area contributed by atoms with Crippen LogP contribution in [0.4, 0.5) is 0 Å². The molecule has 0 saturated heterocycles. The molecule has 0 aliphatic rings. The molecule has 50 valence electrons. The van der Waals surface area contributed by atoms with Crippen molar-refractivity contribution in [2.75, 3.05) is 0 Å². The normalized spacial score (nSPS) is 11.2. The third-order valence-electron chi connectivity index (χ3n) is 0.851. The molecule has 0 bridgehead atoms. The molecule has 0 saturated carbocycles. The van der Waals surface area contributed by atoms with Gasteiger partial charge in [-0.15, -0.1) is 0 Å². The summed E-state index contributed by atoms with van der Waals surface area (Å²) in [4.78, 5) is 9.76. The minimum Gasteiger partial charge on any atom is -0.303 e. The maximum Gasteiger partial charge on any atom is 0.123 e. The van der Waals surface area contributed by atoms with Crippen molar-refractivity contribution in [3.63, 3.8) is 0 Å². The van der Waals surface area contributed by atoms with Crippen molar-refractivity contribution in [3.8, 4) is 0 Å². The monoisotopic (exact) mass is 124 g/mol. The number of aldehydes is 1. The van der Waals surface area contributed by atoms with E-state index in [1.165, 1.54) is 0 Å². The number of allylic oxidation sites excluding steroid dienone is 4. The van der Waals surface area contributed by atoms with E-state index in [4.69, 9.17) is 0 Å². The minimum atomic E-state index is 0.522. The molecular formula is C8H12O. The zero-order valence-electron chi connectivity index (χ0n) is 5.71. The minimum absolute atomic E-state index is 0.522. The van der Waals surface area contributed by atoms with Crippen LogP contribution in [0.25, 0.3) is 0 Å². The lowest BCUT2D eigenvalue weighted by molar-refractivity contribution is -0.107. The van der Waals surface area contributed by atoms with Crippen LogP contribution in [0.5, 0.6) is 0 Å². The predicted octanol–water partition coefficient (Wildman–Crippen LogP) is 2.10. The fraction of sp³-hybridized carbons (Fsp3) is 0.375. The van der Waals surface area contributed by atoms with Gasteiger partial charge in [0, 0.05) is 6.42 Å². The molecule has 0 unspecified atom stereocenters. The van der Waals surface area contributed by atoms with E-state index in [-0.39, 0.29) is 0 Å². The number of carbonyl (C=O) groups excluding carboxylic acids is 1. The van der Waals surface area contributed by atoms with Crippen LogP contribution in [0.2, 0.25) is 0 Å². The fourth-order valence-electron chi connectivity index (χ4n) is 0.427. The molecule has 0 atom stereocenters. The molecule has 1 heteroatoms. The Balaban J connectivity index is 3.23. The average Bonchev–Trinajstić information content (AvgIpc) is 1.89. The van der Waals surface area contributed by atoms with Gasteiger partial charge in [0.15, 0.2) is 0 Å². The topological polar surface area (TPSA) is 17.1 Å². The summed E-state index contributed by atoms with van der Waals surface area (Å²) in [7, 11) is 0. The van der Waals surface area contributed by atoms with E-state index in [0.717, 1.165) is 12.7 Å². The van der Waals surface area contributed by atoms with E-state index < -0.39 is 0 Å². The Kier molecular flexibility index (Phi) is 6.47. The Morgan fingerprint density at radius 2 is 1.89 bits per heavy atom. The summed E-state index contributed by atoms with van der Waals surface area (Å²) < 4.78 is 0. The first-order valence-electron chi connectivity index (χ1n) is 3.17. The summed E-state index contributed by atoms with van der Waals surface area (Å²) in [6.07, 6.45) is 10.2. The van der Waals surface area contributed by atoms with Gasteiger partial charge in [-0.25, -0.2) is 0 Å². The number of rotatable bonds is 4. The molecule has 0 aromatic heterocycles. The summed E-state index contributed by atoms with van der Waals surface area (Å²) in [5.74, 6) is 0. The Morgan fingerprint density at radius 1 is 1.22 bits per heavy atom. The molecule has 9 heavy (non-hydrogen) atoms. The van der Waals surface area contributed by atoms with E-state index >= 15 is 0 Å². The maximum atomic E-state index is 9.76. The Labute approximate surface area is 56.1 Å². The predicted molar refractivity (Wildman–Crippen MR) is 39.3 cm³/mol. The highest BCUT2D eigenvalue weighted by Gasteiger charge is 1.67. The molecule has 0 aromatic rings. The summed E-state index contributed by atoms with van der Waals surface area (Å²) in [5.41, 5.74) is 0. The average molecular weight is 124 g/mol. The Hall–Kier alpha value is -0.850. The highest BCUT2D eigenvalue weighted by atomic mass is 16.1. The number of hydrogen-bond donors (Lipinski definition) is 0. The third-order valence-corrected chi connectivity index (χ3v) is 0.851. The summed E-state index contributed by atoms with van der Waals surface area (Å²) in [5, 5.41) is 0. The van der Waals surface area contributed by atoms with Crippen molar-refractivity contribution < 1.29 is 4.79 Å². The Morgan fingerprint density at radius 3 is 2.44 bits per heavy atom. The zero-order valence-corrected chi connectivity index (χ0v) is 5.71. The first-order valence-corrected chi connectivity index (χ1v) is 3.17. The van der Waals surface area contributed by atoms with Gasteiger partial charge in [0.1, 0.15) is 6.29 Å². The van der Waals surface area contributed by atoms with Gasteiger partial charge in [-0.2, -0.15) is 0 Å². The molecular weight excluding hydrogens is 112 g/mol. The standard InChI is InChI=1S/C8H12O/c1-2-3-4-5-6-7-8-9/h3-6,8H,2,7H2,1H3. The third kappa shape index (κ3) is 7.15. The maximum absolute atomic E-state index is 9.76. The zero-order chi connectivity index (χ0) is 6.95. The smallest absolute Gasteiger partial charge is 0.123 e. The van der Waals surface area contributed by atoms with Crippen LogP contribution in [0.1, 0.15) is 19.8 Å². The molecule has 0 aliphatic carbocycles. The van der Waals surface area contributed by atoms with Crippen LogP contribution in [-0.4, -0.2) is 6.29 Å². The lowest BCUT2D eigenvalue weighted by atomic mass is 10.3. The SMILES string of the molecule is CCC=CC=CCC=O. The van der Waals surface area contributed by atoms with Crippen molar-refractivity contribution in [2.45, 2.75) is 19.8 Å². The van der Waals surface area contributed by atoms with Crippen molar-refractivity contribution >= 4 is 6.29 Å². The van der Waals surface area contributed by atoms with Gasteiger partial charge in [-0.05, 0) is 6.42 Å². The second-order valence-electron chi connectivity index (χ2n) is 1.67. The first kappa shape index (κ1) is 8.15. The lowest BCUT2D eigenvalue weighted by Gasteiger charge is -1.74. The first-order chi connectivity index (χ1) is 4.41. The highest BCUT2D eigenvalue weighted by Crippen LogP contribution is 1.82. The summed E-state index contributed by atoms with van der Waals surface area (Å²) in [6.45, 7) is 2.07. The van der Waals surface area contributed by atoms with Gasteiger partial charge in [0.2, 0.25) is 0 Å². The fourth-order valence-corrected chi connectivity index (χ4v) is 0.427. The number of carbonyl (C=O) groups is 1. The summed E-state index contributed by atoms with van der Waals surface area (Å²) >= 11 is 0. The van der Waals surface area contributed by atoms with Crippen LogP contribution in [-0.2, 0) is 4.79 Å². The van der Waals surface area contributed by atoms with E-state index in [0.29, 0.717) is 6.42 Å². The van der Waals surface area contributed by atoms with E-state index in [1.807, 2.05) is 24.3 Å². The second-order valence-corrected chi connectivity index (χ2v) is 1.67. The van der Waals surface area contributed by atoms with Crippen molar-refractivity contribution in [1.82, 2.24) is 0 Å². The van der Waals surface area contributed by atoms with Crippen LogP contribution in [0.15, 0.2) is 24.3 Å². The van der Waals surface area contributed by atoms with Crippen LogP contribution in [0.3, 0.4) is 0 Å². The Bertz CT molecular complexity index is 112. The highest BCUT2D eigenvalue weighted by molar-refractivity contribution is 5.51. The molecule has 0 aliphatic heterocycles. The summed E-state index contributed by atoms with van der Waals surface area (Å²) in [6, 6.07) is 0. The van der Waals surface area contributed by atoms with Gasteiger partial charge in [0.05, 0.1) is 0 Å². The molecule has 0 fully saturated rings.